The second-order valence-electron chi connectivity index (χ2n) is 9.14. The second-order valence-corrected chi connectivity index (χ2v) is 9.14. The summed E-state index contributed by atoms with van der Waals surface area (Å²) in [6, 6.07) is 7.73. The minimum absolute atomic E-state index is 0.00971. The van der Waals surface area contributed by atoms with Gasteiger partial charge >= 0.3 is 0 Å². The Morgan fingerprint density at radius 3 is 2.42 bits per heavy atom. The molecule has 7 nitrogen and oxygen atoms in total. The maximum Gasteiger partial charge on any atom is 0.246 e. The number of carbonyl (C=O) groups excluding carboxylic acids is 1. The highest BCUT2D eigenvalue weighted by Gasteiger charge is 2.21. The van der Waals surface area contributed by atoms with Crippen LogP contribution in [0.15, 0.2) is 30.3 Å². The maximum absolute atomic E-state index is 12.8. The molecule has 7 heteroatoms. The number of carbonyl (C=O) groups is 1. The third kappa shape index (κ3) is 6.70. The quantitative estimate of drug-likeness (QED) is 0.556. The van der Waals surface area contributed by atoms with Crippen molar-refractivity contribution in [3.05, 3.63) is 47.4 Å². The third-order valence-corrected chi connectivity index (χ3v) is 5.47. The molecule has 1 fully saturated rings. The molecule has 1 aliphatic rings. The minimum Gasteiger partial charge on any atom is -0.493 e. The molecule has 3 rings (SSSR count). The van der Waals surface area contributed by atoms with Crippen LogP contribution in [0, 0.1) is 12.8 Å². The van der Waals surface area contributed by atoms with Crippen LogP contribution >= 0.6 is 0 Å². The van der Waals surface area contributed by atoms with Gasteiger partial charge in [-0.3, -0.25) is 4.79 Å². The van der Waals surface area contributed by atoms with Crippen molar-refractivity contribution in [2.45, 2.75) is 40.5 Å². The lowest BCUT2D eigenvalue weighted by Gasteiger charge is -2.35. The van der Waals surface area contributed by atoms with Gasteiger partial charge in [-0.1, -0.05) is 33.8 Å². The van der Waals surface area contributed by atoms with E-state index in [1.807, 2.05) is 42.2 Å². The van der Waals surface area contributed by atoms with Gasteiger partial charge in [0.2, 0.25) is 5.91 Å². The van der Waals surface area contributed by atoms with Gasteiger partial charge in [0.15, 0.2) is 11.5 Å². The lowest BCUT2D eigenvalue weighted by Crippen LogP contribution is -2.48. The molecule has 2 heterocycles. The van der Waals surface area contributed by atoms with Crippen LogP contribution < -0.4 is 14.4 Å². The molecule has 0 bridgehead atoms. The molecule has 0 unspecified atom stereocenters. The Labute approximate surface area is 197 Å². The minimum atomic E-state index is 0.00971. The Balaban J connectivity index is 1.59. The number of anilines is 1. The molecule has 178 valence electrons. The number of aryl methyl sites for hydroxylation is 1. The Kier molecular flexibility index (Phi) is 8.31. The monoisotopic (exact) mass is 452 g/mol. The Morgan fingerprint density at radius 1 is 1.06 bits per heavy atom. The predicted octanol–water partition coefficient (Wildman–Crippen LogP) is 4.31. The molecule has 0 atom stereocenters. The first kappa shape index (κ1) is 24.6. The van der Waals surface area contributed by atoms with E-state index in [9.17, 15) is 4.79 Å². The van der Waals surface area contributed by atoms with E-state index in [1.165, 1.54) is 0 Å². The van der Waals surface area contributed by atoms with Crippen LogP contribution in [0.4, 0.5) is 5.82 Å². The highest BCUT2D eigenvalue weighted by molar-refractivity contribution is 5.92. The van der Waals surface area contributed by atoms with Gasteiger partial charge < -0.3 is 19.3 Å². The normalized spacial score (nSPS) is 14.4. The Morgan fingerprint density at radius 2 is 1.79 bits per heavy atom. The molecule has 1 aliphatic heterocycles. The standard InChI is InChI=1S/C26H36N4O3/c1-18(2)17-33-22-9-7-21(16-23(22)32-6)8-10-25(31)30-13-11-29(12-14-30)24-15-20(5)27-26(28-24)19(3)4/h7-10,15-16,18-19H,11-14,17H2,1-6H3/b10-8+. The largest absolute Gasteiger partial charge is 0.493 e. The molecule has 0 spiro atoms. The van der Waals surface area contributed by atoms with Crippen LogP contribution in [0.2, 0.25) is 0 Å². The van der Waals surface area contributed by atoms with E-state index >= 15 is 0 Å². The molecule has 1 aromatic carbocycles. The molecular formula is C26H36N4O3. The number of rotatable bonds is 8. The van der Waals surface area contributed by atoms with E-state index in [2.05, 4.69) is 37.6 Å². The summed E-state index contributed by atoms with van der Waals surface area (Å²) >= 11 is 0. The van der Waals surface area contributed by atoms with Gasteiger partial charge in [-0.05, 0) is 36.6 Å². The molecule has 2 aromatic rings. The first-order valence-electron chi connectivity index (χ1n) is 11.6. The van der Waals surface area contributed by atoms with Crippen molar-refractivity contribution in [3.8, 4) is 11.5 Å². The SMILES string of the molecule is COc1cc(/C=C/C(=O)N2CCN(c3cc(C)nc(C(C)C)n3)CC2)ccc1OCC(C)C. The van der Waals surface area contributed by atoms with Crippen molar-refractivity contribution in [3.63, 3.8) is 0 Å². The van der Waals surface area contributed by atoms with E-state index in [-0.39, 0.29) is 11.8 Å². The summed E-state index contributed by atoms with van der Waals surface area (Å²) in [5.74, 6) is 3.92. The van der Waals surface area contributed by atoms with Crippen molar-refractivity contribution >= 4 is 17.8 Å². The van der Waals surface area contributed by atoms with Gasteiger partial charge in [0.25, 0.3) is 0 Å². The lowest BCUT2D eigenvalue weighted by atomic mass is 10.1. The second kappa shape index (κ2) is 11.2. The lowest BCUT2D eigenvalue weighted by molar-refractivity contribution is -0.126. The van der Waals surface area contributed by atoms with Crippen molar-refractivity contribution in [1.82, 2.24) is 14.9 Å². The van der Waals surface area contributed by atoms with Crippen LogP contribution in [-0.2, 0) is 4.79 Å². The number of hydrogen-bond acceptors (Lipinski definition) is 6. The number of ether oxygens (including phenoxy) is 2. The summed E-state index contributed by atoms with van der Waals surface area (Å²) in [5.41, 5.74) is 1.87. The fourth-order valence-corrected chi connectivity index (χ4v) is 3.59. The fourth-order valence-electron chi connectivity index (χ4n) is 3.59. The van der Waals surface area contributed by atoms with Gasteiger partial charge in [-0.2, -0.15) is 0 Å². The highest BCUT2D eigenvalue weighted by atomic mass is 16.5. The van der Waals surface area contributed by atoms with Gasteiger partial charge in [0, 0.05) is 49.9 Å². The molecule has 1 aromatic heterocycles. The molecule has 0 aliphatic carbocycles. The highest BCUT2D eigenvalue weighted by Crippen LogP contribution is 2.29. The summed E-state index contributed by atoms with van der Waals surface area (Å²) in [6.45, 7) is 13.9. The summed E-state index contributed by atoms with van der Waals surface area (Å²) in [6.07, 6.45) is 3.46. The summed E-state index contributed by atoms with van der Waals surface area (Å²) < 4.78 is 11.3. The van der Waals surface area contributed by atoms with Crippen molar-refractivity contribution in [2.24, 2.45) is 5.92 Å². The zero-order valence-electron chi connectivity index (χ0n) is 20.7. The molecular weight excluding hydrogens is 416 g/mol. The Hall–Kier alpha value is -3.09. The molecule has 0 radical (unpaired) electrons. The van der Waals surface area contributed by atoms with E-state index in [0.717, 1.165) is 36.0 Å². The van der Waals surface area contributed by atoms with E-state index in [0.29, 0.717) is 37.1 Å². The fraction of sp³-hybridized carbons (Fsp3) is 0.500. The number of nitrogens with zero attached hydrogens (tertiary/aromatic N) is 4. The van der Waals surface area contributed by atoms with E-state index < -0.39 is 0 Å². The smallest absolute Gasteiger partial charge is 0.246 e. The molecule has 0 N–H and O–H groups in total. The van der Waals surface area contributed by atoms with Crippen molar-refractivity contribution in [1.29, 1.82) is 0 Å². The van der Waals surface area contributed by atoms with Gasteiger partial charge in [-0.25, -0.2) is 9.97 Å². The van der Waals surface area contributed by atoms with Gasteiger partial charge in [-0.15, -0.1) is 0 Å². The number of benzene rings is 1. The molecule has 1 amide bonds. The molecule has 1 saturated heterocycles. The maximum atomic E-state index is 12.8. The summed E-state index contributed by atoms with van der Waals surface area (Å²) in [7, 11) is 1.62. The van der Waals surface area contributed by atoms with Gasteiger partial charge in [0.1, 0.15) is 11.6 Å². The van der Waals surface area contributed by atoms with Crippen LogP contribution in [0.3, 0.4) is 0 Å². The first-order valence-corrected chi connectivity index (χ1v) is 11.6. The molecule has 0 saturated carbocycles. The van der Waals surface area contributed by atoms with Gasteiger partial charge in [0.05, 0.1) is 13.7 Å². The number of amides is 1. The summed E-state index contributed by atoms with van der Waals surface area (Å²) in [5, 5.41) is 0. The van der Waals surface area contributed by atoms with Crippen LogP contribution in [-0.4, -0.2) is 60.7 Å². The van der Waals surface area contributed by atoms with Crippen LogP contribution in [0.5, 0.6) is 11.5 Å². The zero-order valence-corrected chi connectivity index (χ0v) is 20.7. The van der Waals surface area contributed by atoms with Crippen molar-refractivity contribution in [2.75, 3.05) is 44.8 Å². The average Bonchev–Trinajstić information content (AvgIpc) is 2.81. The number of hydrogen-bond donors (Lipinski definition) is 0. The van der Waals surface area contributed by atoms with E-state index in [1.54, 1.807) is 13.2 Å². The molecule has 33 heavy (non-hydrogen) atoms. The van der Waals surface area contributed by atoms with Crippen LogP contribution in [0.25, 0.3) is 6.08 Å². The van der Waals surface area contributed by atoms with Crippen molar-refractivity contribution < 1.29 is 14.3 Å². The average molecular weight is 453 g/mol. The topological polar surface area (TPSA) is 67.8 Å². The predicted molar refractivity (Wildman–Crippen MR) is 132 cm³/mol. The van der Waals surface area contributed by atoms with E-state index in [4.69, 9.17) is 14.5 Å². The Bertz CT molecular complexity index is 979. The first-order chi connectivity index (χ1) is 15.8. The number of piperazine rings is 1. The zero-order chi connectivity index (χ0) is 24.0. The van der Waals surface area contributed by atoms with Crippen LogP contribution in [0.1, 0.15) is 50.7 Å². The third-order valence-electron chi connectivity index (χ3n) is 5.47. The number of aromatic nitrogens is 2. The summed E-state index contributed by atoms with van der Waals surface area (Å²) in [4.78, 5) is 26.1. The number of methoxy groups -OCH3 is 1.